The van der Waals surface area contributed by atoms with Crippen molar-refractivity contribution in [2.45, 2.75) is 32.7 Å². The lowest BCUT2D eigenvalue weighted by Gasteiger charge is -2.23. The Morgan fingerprint density at radius 3 is 3.14 bits per heavy atom. The van der Waals surface area contributed by atoms with E-state index in [2.05, 4.69) is 19.9 Å². The third-order valence-electron chi connectivity index (χ3n) is 3.98. The van der Waals surface area contributed by atoms with Gasteiger partial charge in [0.2, 0.25) is 5.91 Å². The van der Waals surface area contributed by atoms with Crippen molar-refractivity contribution in [3.05, 3.63) is 47.8 Å². The van der Waals surface area contributed by atoms with Gasteiger partial charge >= 0.3 is 0 Å². The molecule has 1 N–H and O–H groups in total. The number of carbonyl (C=O) groups is 1. The number of rotatable bonds is 4. The fourth-order valence-corrected chi connectivity index (χ4v) is 2.70. The van der Waals surface area contributed by atoms with E-state index in [4.69, 9.17) is 0 Å². The molecule has 0 unspecified atom stereocenters. The van der Waals surface area contributed by atoms with Gasteiger partial charge in [0.25, 0.3) is 0 Å². The maximum Gasteiger partial charge on any atom is 0.224 e. The first-order valence-corrected chi connectivity index (χ1v) is 7.39. The number of nitrogens with zero attached hydrogens (tertiary/aromatic N) is 3. The molecule has 3 heterocycles. The lowest BCUT2D eigenvalue weighted by molar-refractivity contribution is -0.120. The number of carbonyl (C=O) groups excluding carboxylic acids is 1. The standard InChI is InChI=1S/C16H20N4O/c1-12-2-3-13(10-18-12)9-16(21)19-11-14-4-6-20-7-5-17-15(20)8-14/h2-3,5,7,10,14H,4,6,8-9,11H2,1H3,(H,19,21)/t14-/m0/s1. The molecule has 0 bridgehead atoms. The molecule has 0 radical (unpaired) electrons. The molecule has 3 rings (SSSR count). The van der Waals surface area contributed by atoms with Crippen molar-refractivity contribution in [2.24, 2.45) is 5.92 Å². The predicted octanol–water partition coefficient (Wildman–Crippen LogP) is 1.51. The molecule has 1 atom stereocenters. The summed E-state index contributed by atoms with van der Waals surface area (Å²) in [6.07, 6.45) is 8.07. The monoisotopic (exact) mass is 284 g/mol. The molecule has 0 aromatic carbocycles. The van der Waals surface area contributed by atoms with E-state index in [1.807, 2.05) is 31.5 Å². The zero-order valence-corrected chi connectivity index (χ0v) is 12.2. The highest BCUT2D eigenvalue weighted by atomic mass is 16.1. The summed E-state index contributed by atoms with van der Waals surface area (Å²) >= 11 is 0. The number of nitrogens with one attached hydrogen (secondary N) is 1. The topological polar surface area (TPSA) is 59.8 Å². The molecule has 0 fully saturated rings. The van der Waals surface area contributed by atoms with Crippen molar-refractivity contribution >= 4 is 5.91 Å². The van der Waals surface area contributed by atoms with E-state index >= 15 is 0 Å². The van der Waals surface area contributed by atoms with Gasteiger partial charge in [-0.05, 0) is 30.9 Å². The Bertz CT molecular complexity index is 617. The van der Waals surface area contributed by atoms with Crippen LogP contribution in [0.2, 0.25) is 0 Å². The minimum atomic E-state index is 0.0644. The Kier molecular flexibility index (Phi) is 3.99. The first-order chi connectivity index (χ1) is 10.2. The van der Waals surface area contributed by atoms with E-state index in [1.54, 1.807) is 6.20 Å². The summed E-state index contributed by atoms with van der Waals surface area (Å²) in [5, 5.41) is 3.03. The maximum absolute atomic E-state index is 12.0. The van der Waals surface area contributed by atoms with Gasteiger partial charge in [0.05, 0.1) is 6.42 Å². The van der Waals surface area contributed by atoms with Gasteiger partial charge in [-0.2, -0.15) is 0 Å². The van der Waals surface area contributed by atoms with Crippen LogP contribution in [0, 0.1) is 12.8 Å². The average Bonchev–Trinajstić information content (AvgIpc) is 2.95. The summed E-state index contributed by atoms with van der Waals surface area (Å²) in [5.41, 5.74) is 1.93. The van der Waals surface area contributed by atoms with E-state index in [-0.39, 0.29) is 5.91 Å². The molecule has 1 aliphatic rings. The number of aromatic nitrogens is 3. The summed E-state index contributed by atoms with van der Waals surface area (Å²) in [5.74, 6) is 1.68. The van der Waals surface area contributed by atoms with Crippen LogP contribution in [-0.4, -0.2) is 27.0 Å². The Morgan fingerprint density at radius 2 is 2.33 bits per heavy atom. The first kappa shape index (κ1) is 13.8. The van der Waals surface area contributed by atoms with Gasteiger partial charge in [-0.3, -0.25) is 9.78 Å². The molecule has 2 aromatic heterocycles. The molecular weight excluding hydrogens is 264 g/mol. The second kappa shape index (κ2) is 6.08. The molecule has 110 valence electrons. The van der Waals surface area contributed by atoms with Crippen molar-refractivity contribution in [3.63, 3.8) is 0 Å². The van der Waals surface area contributed by atoms with E-state index in [9.17, 15) is 4.79 Å². The summed E-state index contributed by atoms with van der Waals surface area (Å²) in [6.45, 7) is 3.67. The van der Waals surface area contributed by atoms with Crippen LogP contribution in [0.1, 0.15) is 23.5 Å². The van der Waals surface area contributed by atoms with Gasteiger partial charge in [0.1, 0.15) is 5.82 Å². The summed E-state index contributed by atoms with van der Waals surface area (Å²) < 4.78 is 2.19. The van der Waals surface area contributed by atoms with Gasteiger partial charge in [-0.1, -0.05) is 6.07 Å². The molecule has 0 spiro atoms. The van der Waals surface area contributed by atoms with Crippen molar-refractivity contribution in [3.8, 4) is 0 Å². The van der Waals surface area contributed by atoms with E-state index in [1.165, 1.54) is 0 Å². The Hall–Kier alpha value is -2.17. The third-order valence-corrected chi connectivity index (χ3v) is 3.98. The van der Waals surface area contributed by atoms with Crippen LogP contribution in [0.15, 0.2) is 30.7 Å². The second-order valence-electron chi connectivity index (χ2n) is 5.68. The van der Waals surface area contributed by atoms with Crippen LogP contribution in [0.25, 0.3) is 0 Å². The first-order valence-electron chi connectivity index (χ1n) is 7.39. The molecule has 2 aromatic rings. The fraction of sp³-hybridized carbons (Fsp3) is 0.438. The van der Waals surface area contributed by atoms with Crippen LogP contribution >= 0.6 is 0 Å². The Balaban J connectivity index is 1.47. The minimum absolute atomic E-state index is 0.0644. The number of imidazole rings is 1. The molecular formula is C16H20N4O. The lowest BCUT2D eigenvalue weighted by atomic mass is 9.98. The number of aryl methyl sites for hydroxylation is 2. The van der Waals surface area contributed by atoms with Crippen molar-refractivity contribution < 1.29 is 4.79 Å². The van der Waals surface area contributed by atoms with Gasteiger partial charge in [0.15, 0.2) is 0 Å². The van der Waals surface area contributed by atoms with Crippen molar-refractivity contribution in [1.29, 1.82) is 0 Å². The quantitative estimate of drug-likeness (QED) is 0.925. The number of pyridine rings is 1. The summed E-state index contributed by atoms with van der Waals surface area (Å²) in [4.78, 5) is 20.5. The summed E-state index contributed by atoms with van der Waals surface area (Å²) in [6, 6.07) is 3.89. The second-order valence-corrected chi connectivity index (χ2v) is 5.68. The Morgan fingerprint density at radius 1 is 1.43 bits per heavy atom. The highest BCUT2D eigenvalue weighted by molar-refractivity contribution is 5.78. The van der Waals surface area contributed by atoms with Crippen molar-refractivity contribution in [1.82, 2.24) is 19.9 Å². The molecule has 1 aliphatic heterocycles. The molecule has 5 heteroatoms. The normalized spacial score (nSPS) is 17.3. The lowest BCUT2D eigenvalue weighted by Crippen LogP contribution is -2.34. The van der Waals surface area contributed by atoms with E-state index in [0.717, 1.165) is 43.0 Å². The predicted molar refractivity (Wildman–Crippen MR) is 79.7 cm³/mol. The van der Waals surface area contributed by atoms with Crippen LogP contribution in [0.5, 0.6) is 0 Å². The highest BCUT2D eigenvalue weighted by Crippen LogP contribution is 2.18. The molecule has 0 saturated heterocycles. The van der Waals surface area contributed by atoms with Gasteiger partial charge in [-0.15, -0.1) is 0 Å². The van der Waals surface area contributed by atoms with Crippen LogP contribution in [0.3, 0.4) is 0 Å². The van der Waals surface area contributed by atoms with Gasteiger partial charge in [-0.25, -0.2) is 4.98 Å². The number of hydrogen-bond donors (Lipinski definition) is 1. The number of amides is 1. The van der Waals surface area contributed by atoms with Crippen LogP contribution in [0.4, 0.5) is 0 Å². The maximum atomic E-state index is 12.0. The summed E-state index contributed by atoms with van der Waals surface area (Å²) in [7, 11) is 0. The smallest absolute Gasteiger partial charge is 0.224 e. The van der Waals surface area contributed by atoms with Gasteiger partial charge < -0.3 is 9.88 Å². The number of hydrogen-bond acceptors (Lipinski definition) is 3. The largest absolute Gasteiger partial charge is 0.356 e. The minimum Gasteiger partial charge on any atom is -0.356 e. The SMILES string of the molecule is Cc1ccc(CC(=O)NC[C@H]2CCn3ccnc3C2)cn1. The van der Waals surface area contributed by atoms with Crippen LogP contribution in [-0.2, 0) is 24.2 Å². The number of fused-ring (bicyclic) bond motifs is 1. The van der Waals surface area contributed by atoms with E-state index < -0.39 is 0 Å². The molecule has 0 saturated carbocycles. The zero-order valence-electron chi connectivity index (χ0n) is 12.2. The third kappa shape index (κ3) is 3.48. The molecule has 0 aliphatic carbocycles. The average molecular weight is 284 g/mol. The highest BCUT2D eigenvalue weighted by Gasteiger charge is 2.19. The molecule has 5 nitrogen and oxygen atoms in total. The zero-order chi connectivity index (χ0) is 14.7. The Labute approximate surface area is 124 Å². The van der Waals surface area contributed by atoms with Crippen molar-refractivity contribution in [2.75, 3.05) is 6.54 Å². The van der Waals surface area contributed by atoms with Gasteiger partial charge in [0, 0.05) is 43.8 Å². The van der Waals surface area contributed by atoms with Crippen LogP contribution < -0.4 is 5.32 Å². The molecule has 1 amide bonds. The molecule has 21 heavy (non-hydrogen) atoms. The fourth-order valence-electron chi connectivity index (χ4n) is 2.70. The van der Waals surface area contributed by atoms with E-state index in [0.29, 0.717) is 12.3 Å².